The number of rotatable bonds is 5. The lowest BCUT2D eigenvalue weighted by atomic mass is 10.1. The molecule has 0 spiro atoms. The lowest BCUT2D eigenvalue weighted by Gasteiger charge is -2.14. The van der Waals surface area contributed by atoms with Gasteiger partial charge in [-0.25, -0.2) is 4.79 Å². The van der Waals surface area contributed by atoms with Gasteiger partial charge < -0.3 is 14.6 Å². The van der Waals surface area contributed by atoms with Crippen molar-refractivity contribution in [2.24, 2.45) is 0 Å². The third kappa shape index (κ3) is 3.52. The van der Waals surface area contributed by atoms with E-state index in [-0.39, 0.29) is 5.91 Å². The molecule has 2 aromatic carbocycles. The summed E-state index contributed by atoms with van der Waals surface area (Å²) in [7, 11) is 0. The second kappa shape index (κ2) is 7.15. The molecule has 0 aliphatic heterocycles. The Hall–Kier alpha value is -3.08. The highest BCUT2D eigenvalue weighted by molar-refractivity contribution is 5.99. The highest BCUT2D eigenvalue weighted by atomic mass is 16.5. The van der Waals surface area contributed by atoms with Crippen LogP contribution in [-0.2, 0) is 9.53 Å². The Morgan fingerprint density at radius 2 is 1.79 bits per heavy atom. The second-order valence-corrected chi connectivity index (χ2v) is 7.48. The first kappa shape index (κ1) is 18.3. The Morgan fingerprint density at radius 3 is 2.50 bits per heavy atom. The van der Waals surface area contributed by atoms with Crippen LogP contribution >= 0.6 is 0 Å². The smallest absolute Gasteiger partial charge is 0.340 e. The highest BCUT2D eigenvalue weighted by Gasteiger charge is 2.29. The molecule has 1 aliphatic carbocycles. The molecule has 1 aromatic heterocycles. The quantitative estimate of drug-likeness (QED) is 0.652. The molecular weight excluding hydrogens is 352 g/mol. The number of hydrogen-bond donors (Lipinski definition) is 1. The Morgan fingerprint density at radius 1 is 1.07 bits per heavy atom. The van der Waals surface area contributed by atoms with Crippen molar-refractivity contribution in [2.75, 3.05) is 5.32 Å². The van der Waals surface area contributed by atoms with Crippen molar-refractivity contribution in [3.8, 4) is 0 Å². The van der Waals surface area contributed by atoms with Crippen LogP contribution in [0.15, 0.2) is 48.5 Å². The fourth-order valence-corrected chi connectivity index (χ4v) is 3.67. The van der Waals surface area contributed by atoms with Gasteiger partial charge in [0.15, 0.2) is 6.10 Å². The van der Waals surface area contributed by atoms with Crippen molar-refractivity contribution in [3.05, 3.63) is 65.5 Å². The van der Waals surface area contributed by atoms with Crippen LogP contribution in [0.5, 0.6) is 0 Å². The number of amides is 1. The number of esters is 1. The summed E-state index contributed by atoms with van der Waals surface area (Å²) >= 11 is 0. The van der Waals surface area contributed by atoms with Gasteiger partial charge >= 0.3 is 5.97 Å². The lowest BCUT2D eigenvalue weighted by molar-refractivity contribution is -0.123. The van der Waals surface area contributed by atoms with Gasteiger partial charge in [-0.15, -0.1) is 0 Å². The molecule has 1 N–H and O–H groups in total. The minimum atomic E-state index is -0.886. The molecule has 1 saturated carbocycles. The number of anilines is 1. The first-order valence-corrected chi connectivity index (χ1v) is 9.63. The molecular formula is C23H24N2O3. The van der Waals surface area contributed by atoms with Crippen LogP contribution in [0, 0.1) is 13.8 Å². The minimum absolute atomic E-state index is 0.348. The molecule has 4 rings (SSSR count). The maximum absolute atomic E-state index is 12.6. The van der Waals surface area contributed by atoms with E-state index in [1.54, 1.807) is 6.92 Å². The first-order chi connectivity index (χ1) is 13.4. The van der Waals surface area contributed by atoms with E-state index in [1.807, 2.05) is 62.4 Å². The van der Waals surface area contributed by atoms with E-state index in [0.29, 0.717) is 17.3 Å². The van der Waals surface area contributed by atoms with Gasteiger partial charge in [0.05, 0.1) is 5.56 Å². The van der Waals surface area contributed by atoms with Gasteiger partial charge in [-0.3, -0.25) is 4.79 Å². The molecule has 1 aliphatic rings. The maximum atomic E-state index is 12.6. The topological polar surface area (TPSA) is 60.3 Å². The molecule has 1 heterocycles. The first-order valence-electron chi connectivity index (χ1n) is 9.63. The largest absolute Gasteiger partial charge is 0.449 e. The highest BCUT2D eigenvalue weighted by Crippen LogP contribution is 2.38. The Balaban J connectivity index is 1.43. The average molecular weight is 376 g/mol. The zero-order valence-electron chi connectivity index (χ0n) is 16.4. The van der Waals surface area contributed by atoms with Crippen molar-refractivity contribution in [1.29, 1.82) is 0 Å². The van der Waals surface area contributed by atoms with Crippen LogP contribution < -0.4 is 5.32 Å². The molecule has 0 saturated heterocycles. The van der Waals surface area contributed by atoms with Gasteiger partial charge in [-0.2, -0.15) is 0 Å². The van der Waals surface area contributed by atoms with Gasteiger partial charge in [0.25, 0.3) is 5.91 Å². The zero-order valence-corrected chi connectivity index (χ0v) is 16.4. The molecule has 0 radical (unpaired) electrons. The summed E-state index contributed by atoms with van der Waals surface area (Å²) in [6.07, 6.45) is 1.41. The SMILES string of the molecule is Cc1cc(C(=O)O[C@@H](C)C(=O)Nc2ccc3ccccc3c2)c(C)n1C1CC1. The lowest BCUT2D eigenvalue weighted by Crippen LogP contribution is -2.30. The zero-order chi connectivity index (χ0) is 19.8. The molecule has 1 fully saturated rings. The number of hydrogen-bond acceptors (Lipinski definition) is 3. The fourth-order valence-electron chi connectivity index (χ4n) is 3.67. The van der Waals surface area contributed by atoms with Crippen molar-refractivity contribution < 1.29 is 14.3 Å². The number of ether oxygens (including phenoxy) is 1. The summed E-state index contributed by atoms with van der Waals surface area (Å²) in [6, 6.07) is 16.0. The molecule has 5 nitrogen and oxygen atoms in total. The van der Waals surface area contributed by atoms with Gasteiger partial charge in [0.2, 0.25) is 0 Å². The van der Waals surface area contributed by atoms with E-state index >= 15 is 0 Å². The summed E-state index contributed by atoms with van der Waals surface area (Å²) in [5, 5.41) is 4.97. The summed E-state index contributed by atoms with van der Waals surface area (Å²) in [5.74, 6) is -0.805. The number of aromatic nitrogens is 1. The minimum Gasteiger partial charge on any atom is -0.449 e. The monoisotopic (exact) mass is 376 g/mol. The molecule has 5 heteroatoms. The van der Waals surface area contributed by atoms with E-state index < -0.39 is 12.1 Å². The number of nitrogens with zero attached hydrogens (tertiary/aromatic N) is 1. The molecule has 0 unspecified atom stereocenters. The number of aryl methyl sites for hydroxylation is 1. The van der Waals surface area contributed by atoms with E-state index in [0.717, 1.165) is 35.0 Å². The molecule has 0 bridgehead atoms. The number of benzene rings is 2. The van der Waals surface area contributed by atoms with E-state index in [9.17, 15) is 9.59 Å². The van der Waals surface area contributed by atoms with Gasteiger partial charge in [-0.1, -0.05) is 30.3 Å². The van der Waals surface area contributed by atoms with E-state index in [2.05, 4.69) is 9.88 Å². The van der Waals surface area contributed by atoms with E-state index in [4.69, 9.17) is 4.74 Å². The second-order valence-electron chi connectivity index (χ2n) is 7.48. The molecule has 1 amide bonds. The number of carbonyl (C=O) groups is 2. The predicted octanol–water partition coefficient (Wildman–Crippen LogP) is 4.78. The molecule has 3 aromatic rings. The van der Waals surface area contributed by atoms with E-state index in [1.165, 1.54) is 0 Å². The van der Waals surface area contributed by atoms with Gasteiger partial charge in [-0.05, 0) is 62.6 Å². The summed E-state index contributed by atoms with van der Waals surface area (Å²) in [4.78, 5) is 25.1. The van der Waals surface area contributed by atoms with Crippen LogP contribution in [0.4, 0.5) is 5.69 Å². The number of carbonyl (C=O) groups excluding carboxylic acids is 2. The Bertz CT molecular complexity index is 1060. The van der Waals surface area contributed by atoms with Crippen LogP contribution in [0.3, 0.4) is 0 Å². The molecule has 144 valence electrons. The van der Waals surface area contributed by atoms with Crippen LogP contribution in [0.1, 0.15) is 47.6 Å². The average Bonchev–Trinajstić information content (AvgIpc) is 3.46. The van der Waals surface area contributed by atoms with Crippen LogP contribution in [0.25, 0.3) is 10.8 Å². The normalized spacial score (nSPS) is 14.7. The third-order valence-corrected chi connectivity index (χ3v) is 5.29. The Kier molecular flexibility index (Phi) is 4.67. The van der Waals surface area contributed by atoms with Gasteiger partial charge in [0, 0.05) is 23.1 Å². The van der Waals surface area contributed by atoms with Gasteiger partial charge in [0.1, 0.15) is 0 Å². The molecule has 28 heavy (non-hydrogen) atoms. The third-order valence-electron chi connectivity index (χ3n) is 5.29. The summed E-state index contributed by atoms with van der Waals surface area (Å²) in [6.45, 7) is 5.52. The van der Waals surface area contributed by atoms with Crippen molar-refractivity contribution >= 4 is 28.3 Å². The number of fused-ring (bicyclic) bond motifs is 1. The standard InChI is InChI=1S/C23H24N2O3/c1-14-12-21(15(2)25(14)20-10-11-20)23(27)28-16(3)22(26)24-19-9-8-17-6-4-5-7-18(17)13-19/h4-9,12-13,16,20H,10-11H2,1-3H3,(H,24,26)/t16-/m0/s1. The number of nitrogens with one attached hydrogen (secondary N) is 1. The molecule has 1 atom stereocenters. The van der Waals surface area contributed by atoms with Crippen molar-refractivity contribution in [3.63, 3.8) is 0 Å². The fraction of sp³-hybridized carbons (Fsp3) is 0.304. The van der Waals surface area contributed by atoms with Crippen LogP contribution in [-0.4, -0.2) is 22.5 Å². The predicted molar refractivity (Wildman–Crippen MR) is 110 cm³/mol. The van der Waals surface area contributed by atoms with Crippen molar-refractivity contribution in [2.45, 2.75) is 45.8 Å². The Labute approximate surface area is 164 Å². The summed E-state index contributed by atoms with van der Waals surface area (Å²) < 4.78 is 7.63. The maximum Gasteiger partial charge on any atom is 0.340 e. The van der Waals surface area contributed by atoms with Crippen molar-refractivity contribution in [1.82, 2.24) is 4.57 Å². The summed E-state index contributed by atoms with van der Waals surface area (Å²) in [5.41, 5.74) is 3.18. The van der Waals surface area contributed by atoms with Crippen LogP contribution in [0.2, 0.25) is 0 Å².